The van der Waals surface area contributed by atoms with Crippen molar-refractivity contribution >= 4 is 16.5 Å². The number of hydrogen-bond donors (Lipinski definition) is 2. The summed E-state index contributed by atoms with van der Waals surface area (Å²) in [7, 11) is 0. The molecule has 72 valence electrons. The van der Waals surface area contributed by atoms with Crippen LogP contribution in [0.25, 0.3) is 10.6 Å². The Hall–Kier alpha value is -1.76. The van der Waals surface area contributed by atoms with Crippen LogP contribution in [-0.4, -0.2) is 20.4 Å². The van der Waals surface area contributed by atoms with Crippen molar-refractivity contribution in [1.82, 2.24) is 20.4 Å². The smallest absolute Gasteiger partial charge is 0.274 e. The molecular weight excluding hydrogens is 202 g/mol. The number of anilines is 1. The second-order valence-corrected chi connectivity index (χ2v) is 3.71. The Kier molecular flexibility index (Phi) is 2.01. The molecule has 0 unspecified atom stereocenters. The van der Waals surface area contributed by atoms with Gasteiger partial charge in [0.1, 0.15) is 0 Å². The molecule has 6 nitrogen and oxygen atoms in total. The second kappa shape index (κ2) is 3.18. The van der Waals surface area contributed by atoms with Gasteiger partial charge in [-0.25, -0.2) is 5.10 Å². The zero-order chi connectivity index (χ0) is 10.1. The van der Waals surface area contributed by atoms with Crippen molar-refractivity contribution < 1.29 is 0 Å². The number of aryl methyl sites for hydroxylation is 1. The third-order valence-corrected chi connectivity index (χ3v) is 2.39. The van der Waals surface area contributed by atoms with Crippen molar-refractivity contribution in [1.29, 1.82) is 0 Å². The van der Waals surface area contributed by atoms with Gasteiger partial charge in [-0.05, 0) is 13.0 Å². The molecule has 0 aliphatic rings. The predicted octanol–water partition coefficient (Wildman–Crippen LogP) is 0.179. The maximum absolute atomic E-state index is 11.4. The Labute approximate surface area is 82.8 Å². The number of hydrogen-bond acceptors (Lipinski definition) is 6. The van der Waals surface area contributed by atoms with E-state index < -0.39 is 0 Å². The zero-order valence-corrected chi connectivity index (χ0v) is 8.13. The molecule has 0 bridgehead atoms. The van der Waals surface area contributed by atoms with Crippen LogP contribution >= 0.6 is 11.3 Å². The van der Waals surface area contributed by atoms with Gasteiger partial charge < -0.3 is 5.73 Å². The molecule has 2 aromatic heterocycles. The fourth-order valence-electron chi connectivity index (χ4n) is 1.01. The summed E-state index contributed by atoms with van der Waals surface area (Å²) in [6.07, 6.45) is 0. The van der Waals surface area contributed by atoms with Gasteiger partial charge in [-0.1, -0.05) is 11.3 Å². The molecule has 0 aliphatic carbocycles. The number of rotatable bonds is 1. The van der Waals surface area contributed by atoms with Gasteiger partial charge in [0.15, 0.2) is 5.01 Å². The quantitative estimate of drug-likeness (QED) is 0.698. The minimum Gasteiger partial charge on any atom is -0.374 e. The molecule has 0 aliphatic heterocycles. The van der Waals surface area contributed by atoms with E-state index in [2.05, 4.69) is 20.4 Å². The Bertz CT molecular complexity index is 517. The number of nitrogens with one attached hydrogen (secondary N) is 1. The van der Waals surface area contributed by atoms with E-state index in [1.54, 1.807) is 13.0 Å². The van der Waals surface area contributed by atoms with Crippen LogP contribution in [0.3, 0.4) is 0 Å². The van der Waals surface area contributed by atoms with Crippen molar-refractivity contribution in [3.63, 3.8) is 0 Å². The van der Waals surface area contributed by atoms with Crippen LogP contribution in [0.1, 0.15) is 5.69 Å². The summed E-state index contributed by atoms with van der Waals surface area (Å²) in [4.78, 5) is 11.4. The standard InChI is InChI=1S/C7H7N5OS/c1-3-2-4(5(13)10-9-3)6-11-12-7(8)14-6/h2H,1H3,(H2,8,12)(H,10,13). The molecule has 2 rings (SSSR count). The van der Waals surface area contributed by atoms with Crippen molar-refractivity contribution in [3.8, 4) is 10.6 Å². The molecule has 0 fully saturated rings. The van der Waals surface area contributed by atoms with E-state index in [0.29, 0.717) is 21.4 Å². The van der Waals surface area contributed by atoms with E-state index in [9.17, 15) is 4.79 Å². The lowest BCUT2D eigenvalue weighted by molar-refractivity contribution is 0.946. The number of nitrogens with zero attached hydrogens (tertiary/aromatic N) is 3. The summed E-state index contributed by atoms with van der Waals surface area (Å²) in [6, 6.07) is 1.65. The number of H-pyrrole nitrogens is 1. The van der Waals surface area contributed by atoms with Crippen LogP contribution in [-0.2, 0) is 0 Å². The largest absolute Gasteiger partial charge is 0.374 e. The summed E-state index contributed by atoms with van der Waals surface area (Å²) in [5.41, 5.74) is 6.30. The molecule has 7 heteroatoms. The average molecular weight is 209 g/mol. The van der Waals surface area contributed by atoms with E-state index in [1.165, 1.54) is 11.3 Å². The first-order valence-corrected chi connectivity index (χ1v) is 4.64. The van der Waals surface area contributed by atoms with Gasteiger partial charge in [0.05, 0.1) is 11.3 Å². The van der Waals surface area contributed by atoms with E-state index in [1.807, 2.05) is 0 Å². The summed E-state index contributed by atoms with van der Waals surface area (Å²) in [5, 5.41) is 14.4. The van der Waals surface area contributed by atoms with Crippen LogP contribution in [0, 0.1) is 6.92 Å². The number of nitrogen functional groups attached to an aromatic ring is 1. The first-order chi connectivity index (χ1) is 6.66. The zero-order valence-electron chi connectivity index (χ0n) is 7.31. The van der Waals surface area contributed by atoms with Crippen LogP contribution in [0.5, 0.6) is 0 Å². The Morgan fingerprint density at radius 3 is 2.93 bits per heavy atom. The van der Waals surface area contributed by atoms with Crippen molar-refractivity contribution in [2.24, 2.45) is 0 Å². The van der Waals surface area contributed by atoms with Gasteiger partial charge in [-0.2, -0.15) is 5.10 Å². The van der Waals surface area contributed by atoms with Crippen LogP contribution in [0.15, 0.2) is 10.9 Å². The lowest BCUT2D eigenvalue weighted by Crippen LogP contribution is -2.11. The van der Waals surface area contributed by atoms with Crippen molar-refractivity contribution in [3.05, 3.63) is 22.1 Å². The van der Waals surface area contributed by atoms with Crippen molar-refractivity contribution in [2.75, 3.05) is 5.73 Å². The number of nitrogens with two attached hydrogens (primary N) is 1. The Morgan fingerprint density at radius 1 is 1.50 bits per heavy atom. The summed E-state index contributed by atoms with van der Waals surface area (Å²) in [5.74, 6) is 0. The molecule has 0 saturated heterocycles. The fraction of sp³-hybridized carbons (Fsp3) is 0.143. The number of aromatic amines is 1. The van der Waals surface area contributed by atoms with Crippen LogP contribution < -0.4 is 11.3 Å². The fourth-order valence-corrected chi connectivity index (χ4v) is 1.63. The summed E-state index contributed by atoms with van der Waals surface area (Å²) in [6.45, 7) is 1.78. The average Bonchev–Trinajstić information content (AvgIpc) is 2.56. The highest BCUT2D eigenvalue weighted by atomic mass is 32.1. The van der Waals surface area contributed by atoms with Gasteiger partial charge in [-0.15, -0.1) is 10.2 Å². The number of aromatic nitrogens is 4. The Morgan fingerprint density at radius 2 is 2.29 bits per heavy atom. The van der Waals surface area contributed by atoms with Gasteiger partial charge in [-0.3, -0.25) is 4.79 Å². The Balaban J connectivity index is 2.61. The van der Waals surface area contributed by atoms with Crippen LogP contribution in [0.4, 0.5) is 5.13 Å². The molecule has 0 saturated carbocycles. The normalized spacial score (nSPS) is 10.4. The highest BCUT2D eigenvalue weighted by molar-refractivity contribution is 7.18. The molecule has 0 aromatic carbocycles. The molecule has 2 aromatic rings. The van der Waals surface area contributed by atoms with Gasteiger partial charge in [0.25, 0.3) is 5.56 Å². The molecule has 0 radical (unpaired) electrons. The van der Waals surface area contributed by atoms with E-state index >= 15 is 0 Å². The van der Waals surface area contributed by atoms with E-state index in [0.717, 1.165) is 0 Å². The molecule has 0 atom stereocenters. The van der Waals surface area contributed by atoms with Gasteiger partial charge >= 0.3 is 0 Å². The molecule has 3 N–H and O–H groups in total. The first-order valence-electron chi connectivity index (χ1n) is 3.82. The lowest BCUT2D eigenvalue weighted by Gasteiger charge is -1.94. The third kappa shape index (κ3) is 1.49. The molecule has 14 heavy (non-hydrogen) atoms. The van der Waals surface area contributed by atoms with Crippen molar-refractivity contribution in [2.45, 2.75) is 6.92 Å². The predicted molar refractivity (Wildman–Crippen MR) is 52.9 cm³/mol. The highest BCUT2D eigenvalue weighted by Crippen LogP contribution is 2.21. The minimum absolute atomic E-state index is 0.285. The second-order valence-electron chi connectivity index (χ2n) is 2.70. The lowest BCUT2D eigenvalue weighted by atomic mass is 10.3. The summed E-state index contributed by atoms with van der Waals surface area (Å²) < 4.78 is 0. The first kappa shape index (κ1) is 8.82. The van der Waals surface area contributed by atoms with Gasteiger partial charge in [0, 0.05) is 0 Å². The SMILES string of the molecule is Cc1cc(-c2nnc(N)s2)c(=O)[nH]n1. The topological polar surface area (TPSA) is 97.5 Å². The summed E-state index contributed by atoms with van der Waals surface area (Å²) >= 11 is 1.17. The molecule has 2 heterocycles. The third-order valence-electron chi connectivity index (χ3n) is 1.60. The van der Waals surface area contributed by atoms with E-state index in [4.69, 9.17) is 5.73 Å². The molecular formula is C7H7N5OS. The molecule has 0 amide bonds. The van der Waals surface area contributed by atoms with Gasteiger partial charge in [0.2, 0.25) is 5.13 Å². The minimum atomic E-state index is -0.285. The maximum atomic E-state index is 11.4. The van der Waals surface area contributed by atoms with E-state index in [-0.39, 0.29) is 5.56 Å². The maximum Gasteiger partial charge on any atom is 0.274 e. The monoisotopic (exact) mass is 209 g/mol. The highest BCUT2D eigenvalue weighted by Gasteiger charge is 2.09. The van der Waals surface area contributed by atoms with Crippen LogP contribution in [0.2, 0.25) is 0 Å². The molecule has 0 spiro atoms.